The molecule has 0 spiro atoms. The Labute approximate surface area is 457 Å². The van der Waals surface area contributed by atoms with Gasteiger partial charge in [-0.3, -0.25) is 28.8 Å². The Hall–Kier alpha value is -6.36. The normalized spacial score (nSPS) is 17.1. The van der Waals surface area contributed by atoms with Gasteiger partial charge in [0.25, 0.3) is 0 Å². The van der Waals surface area contributed by atoms with E-state index in [9.17, 15) is 28.8 Å². The zero-order valence-electron chi connectivity index (χ0n) is 45.8. The molecule has 0 saturated carbocycles. The van der Waals surface area contributed by atoms with E-state index in [1.165, 1.54) is 26.9 Å². The number of nitrogens with zero attached hydrogens (tertiary/aromatic N) is 6. The van der Waals surface area contributed by atoms with Gasteiger partial charge in [-0.15, -0.1) is 24.8 Å². The molecule has 0 bridgehead atoms. The van der Waals surface area contributed by atoms with E-state index in [0.29, 0.717) is 108 Å². The number of nitrogens with one attached hydrogen (secondary N) is 8. The van der Waals surface area contributed by atoms with Crippen molar-refractivity contribution in [2.45, 2.75) is 130 Å². The van der Waals surface area contributed by atoms with E-state index in [1.807, 2.05) is 41.5 Å². The molecule has 2 fully saturated rings. The maximum Gasteiger partial charge on any atom is 0.247 e. The fraction of sp³-hybridized carbons (Fsp3) is 0.577. The summed E-state index contributed by atoms with van der Waals surface area (Å²) in [5, 5.41) is 25.8. The first kappa shape index (κ1) is 62.2. The van der Waals surface area contributed by atoms with Crippen molar-refractivity contribution in [3.63, 3.8) is 0 Å². The summed E-state index contributed by atoms with van der Waals surface area (Å²) in [6.45, 7) is 16.6. The number of methoxy groups -OCH3 is 2. The second-order valence-corrected chi connectivity index (χ2v) is 21.1. The number of hydrogen-bond acceptors (Lipinski definition) is 16. The molecule has 0 radical (unpaired) electrons. The van der Waals surface area contributed by atoms with Crippen molar-refractivity contribution < 1.29 is 38.2 Å². The van der Waals surface area contributed by atoms with Gasteiger partial charge in [0.2, 0.25) is 35.4 Å². The van der Waals surface area contributed by atoms with Crippen molar-refractivity contribution in [1.82, 2.24) is 51.0 Å². The van der Waals surface area contributed by atoms with E-state index in [4.69, 9.17) is 9.47 Å². The van der Waals surface area contributed by atoms with Crippen molar-refractivity contribution in [2.75, 3.05) is 75.8 Å². The molecule has 6 rings (SSSR count). The highest BCUT2D eigenvalue weighted by atomic mass is 35.5. The first-order chi connectivity index (χ1) is 35.1. The summed E-state index contributed by atoms with van der Waals surface area (Å²) in [6.07, 6.45) is 6.56. The van der Waals surface area contributed by atoms with Crippen molar-refractivity contribution >= 4 is 105 Å². The molecule has 0 unspecified atom stereocenters. The van der Waals surface area contributed by atoms with Crippen LogP contribution in [0, 0.1) is 10.8 Å². The van der Waals surface area contributed by atoms with Gasteiger partial charge in [-0.25, -0.2) is 19.9 Å². The summed E-state index contributed by atoms with van der Waals surface area (Å²) in [6, 6.07) is 2.77. The largest absolute Gasteiger partial charge is 0.494 e. The number of likely N-dealkylation sites (tertiary alicyclic amines) is 2. The van der Waals surface area contributed by atoms with Gasteiger partial charge in [0, 0.05) is 49.1 Å². The summed E-state index contributed by atoms with van der Waals surface area (Å²) in [7, 11) is 6.37. The van der Waals surface area contributed by atoms with E-state index < -0.39 is 47.1 Å². The maximum atomic E-state index is 14.1. The van der Waals surface area contributed by atoms with E-state index in [-0.39, 0.29) is 60.3 Å². The van der Waals surface area contributed by atoms with Crippen LogP contribution in [0.5, 0.6) is 11.5 Å². The highest BCUT2D eigenvalue weighted by Crippen LogP contribution is 2.36. The molecule has 6 amide bonds. The van der Waals surface area contributed by atoms with Crippen LogP contribution in [0.3, 0.4) is 0 Å². The molecule has 24 heteroatoms. The summed E-state index contributed by atoms with van der Waals surface area (Å²) < 4.78 is 11.4. The topological polar surface area (TPSA) is 275 Å². The van der Waals surface area contributed by atoms with E-state index in [2.05, 4.69) is 62.5 Å². The molecule has 2 aromatic carbocycles. The Bertz CT molecular complexity index is 2520. The van der Waals surface area contributed by atoms with Crippen molar-refractivity contribution in [3.05, 3.63) is 36.9 Å². The first-order valence-corrected chi connectivity index (χ1v) is 25.4. The Morgan fingerprint density at radius 2 is 0.974 bits per heavy atom. The van der Waals surface area contributed by atoms with Gasteiger partial charge in [-0.05, 0) is 89.4 Å². The molecule has 0 aliphatic carbocycles. The molecular weight excluding hydrogens is 1020 g/mol. The van der Waals surface area contributed by atoms with Gasteiger partial charge in [-0.1, -0.05) is 41.5 Å². The molecule has 4 aromatic rings. The van der Waals surface area contributed by atoms with Gasteiger partial charge in [0.15, 0.2) is 0 Å². The molecule has 418 valence electrons. The second kappa shape index (κ2) is 27.1. The average Bonchev–Trinajstić information content (AvgIpc) is 4.08. The predicted octanol–water partition coefficient (Wildman–Crippen LogP) is 4.87. The highest BCUT2D eigenvalue weighted by molar-refractivity contribution is 6.04. The number of carbonyl (C=O) groups excluding carboxylic acids is 6. The van der Waals surface area contributed by atoms with Crippen LogP contribution < -0.4 is 52.0 Å². The number of unbranched alkanes of at least 4 members (excludes halogenated alkanes) is 1. The van der Waals surface area contributed by atoms with Crippen molar-refractivity contribution in [1.29, 1.82) is 0 Å². The van der Waals surface area contributed by atoms with Crippen molar-refractivity contribution in [2.24, 2.45) is 10.8 Å². The number of anilines is 4. The number of fused-ring (bicyclic) bond motifs is 2. The van der Waals surface area contributed by atoms with E-state index in [1.54, 1.807) is 62.0 Å². The lowest BCUT2D eigenvalue weighted by Gasteiger charge is -2.36. The quantitative estimate of drug-likeness (QED) is 0.0517. The van der Waals surface area contributed by atoms with Crippen LogP contribution >= 0.6 is 24.8 Å². The van der Waals surface area contributed by atoms with Gasteiger partial charge >= 0.3 is 0 Å². The molecule has 2 aromatic heterocycles. The molecule has 76 heavy (non-hydrogen) atoms. The minimum absolute atomic E-state index is 0. The molecular formula is C52H78Cl2N14O8. The Morgan fingerprint density at radius 1 is 0.605 bits per heavy atom. The summed E-state index contributed by atoms with van der Waals surface area (Å²) in [5.41, 5.74) is 0.765. The molecule has 2 saturated heterocycles. The Morgan fingerprint density at radius 3 is 1.30 bits per heavy atom. The Balaban J connectivity index is 0.00000624. The fourth-order valence-corrected chi connectivity index (χ4v) is 9.11. The third kappa shape index (κ3) is 14.8. The van der Waals surface area contributed by atoms with Crippen LogP contribution in [0.15, 0.2) is 36.9 Å². The summed E-state index contributed by atoms with van der Waals surface area (Å²) >= 11 is 0. The lowest BCUT2D eigenvalue weighted by atomic mass is 9.85. The fourth-order valence-electron chi connectivity index (χ4n) is 9.11. The molecule has 6 atom stereocenters. The van der Waals surface area contributed by atoms with Crippen LogP contribution in [-0.4, -0.2) is 156 Å². The van der Waals surface area contributed by atoms with Crippen LogP contribution in [0.2, 0.25) is 0 Å². The minimum Gasteiger partial charge on any atom is -0.494 e. The smallest absolute Gasteiger partial charge is 0.247 e. The van der Waals surface area contributed by atoms with Crippen LogP contribution in [0.4, 0.5) is 23.0 Å². The number of rotatable bonds is 21. The first-order valence-electron chi connectivity index (χ1n) is 25.4. The third-order valence-corrected chi connectivity index (χ3v) is 13.7. The third-order valence-electron chi connectivity index (χ3n) is 13.7. The summed E-state index contributed by atoms with van der Waals surface area (Å²) in [4.78, 5) is 103. The second-order valence-electron chi connectivity index (χ2n) is 21.1. The molecule has 4 heterocycles. The Kier molecular flexibility index (Phi) is 22.2. The standard InChI is InChI=1S/C52H76N14O8.2ClH/c1-29(53-9)45(67)63-41(51(3,4)5)49(71)65-21-15-17-37(65)47(69)61-35-23-31-33(25-39(35)73-11)57-27-59-43(31)55-19-13-14-20-56-44-32-24-36(40(74-12)26-34(32)58-28-60-44)62-48(70)38-18-16-22-66(38)50(72)42(52(6,7)8)64-46(68)30(2)54-10;;/h23-30,37-38,41-42,53-54H,13-22H2,1-12H3,(H,61,69)(H,62,70)(H,63,67)(H,64,68)(H,55,57,59)(H,56,58,60);2*1H/t29-,30-,37-,38-,41+,42+;;/m0../s1. The van der Waals surface area contributed by atoms with Crippen LogP contribution in [-0.2, 0) is 28.8 Å². The van der Waals surface area contributed by atoms with Crippen molar-refractivity contribution in [3.8, 4) is 11.5 Å². The average molecular weight is 1100 g/mol. The SMILES string of the molecule is CN[C@@H](C)C(=O)N[C@H](C(=O)N1CCC[C@H]1C(=O)Nc1cc2c(NCCCCNc3ncnc4cc(OC)c(NC(=O)[C@@H]5CCCN5C(=O)[C@@H](NC(=O)[C@H](C)NC)C(C)(C)C)cc34)ncnc2cc1OC)C(C)(C)C.Cl.Cl. The highest BCUT2D eigenvalue weighted by Gasteiger charge is 2.44. The lowest BCUT2D eigenvalue weighted by molar-refractivity contribution is -0.143. The van der Waals surface area contributed by atoms with Gasteiger partial charge < -0.3 is 61.8 Å². The zero-order chi connectivity index (χ0) is 54.1. The number of carbonyl (C=O) groups is 6. The number of likely N-dealkylation sites (N-methyl/N-ethyl adjacent to an activating group) is 2. The van der Waals surface area contributed by atoms with Gasteiger partial charge in [-0.2, -0.15) is 0 Å². The predicted molar refractivity (Wildman–Crippen MR) is 299 cm³/mol. The maximum absolute atomic E-state index is 14.1. The molecule has 2 aliphatic rings. The van der Waals surface area contributed by atoms with E-state index >= 15 is 0 Å². The number of amides is 6. The lowest BCUT2D eigenvalue weighted by Crippen LogP contribution is -2.59. The monoisotopic (exact) mass is 1100 g/mol. The van der Waals surface area contributed by atoms with Gasteiger partial charge in [0.05, 0.1) is 48.7 Å². The number of halogens is 2. The zero-order valence-corrected chi connectivity index (χ0v) is 47.4. The van der Waals surface area contributed by atoms with Crippen LogP contribution in [0.1, 0.15) is 93.9 Å². The summed E-state index contributed by atoms with van der Waals surface area (Å²) in [5.74, 6) is -0.0627. The molecule has 2 aliphatic heterocycles. The molecule has 8 N–H and O–H groups in total. The minimum atomic E-state index is -0.846. The number of hydrogen-bond donors (Lipinski definition) is 8. The molecule has 22 nitrogen and oxygen atoms in total. The van der Waals surface area contributed by atoms with Gasteiger partial charge in [0.1, 0.15) is 60.0 Å². The van der Waals surface area contributed by atoms with Crippen LogP contribution in [0.25, 0.3) is 21.8 Å². The number of benzene rings is 2. The number of ether oxygens (including phenoxy) is 2. The van der Waals surface area contributed by atoms with E-state index in [0.717, 1.165) is 12.8 Å². The number of aromatic nitrogens is 4.